The molecule has 1 aliphatic carbocycles. The van der Waals surface area contributed by atoms with E-state index in [-0.39, 0.29) is 58.6 Å². The third-order valence-electron chi connectivity index (χ3n) is 12.0. The number of halogens is 1. The van der Waals surface area contributed by atoms with Crippen LogP contribution in [0.2, 0.25) is 5.02 Å². The Labute approximate surface area is 339 Å². The molecular formula is C41H47ClN10O6. The Morgan fingerprint density at radius 2 is 1.90 bits per heavy atom. The zero-order valence-corrected chi connectivity index (χ0v) is 34.1. The fraction of sp³-hybridized carbons (Fsp3) is 0.463. The lowest BCUT2D eigenvalue weighted by Crippen LogP contribution is -2.62. The third-order valence-corrected chi connectivity index (χ3v) is 12.3. The Morgan fingerprint density at radius 1 is 1.10 bits per heavy atom. The minimum absolute atomic E-state index is 0.0509. The lowest BCUT2D eigenvalue weighted by atomic mass is 9.61. The maximum Gasteiger partial charge on any atom is 0.294 e. The number of carbonyl (C=O) groups excluding carboxylic acids is 3. The van der Waals surface area contributed by atoms with Crippen molar-refractivity contribution >= 4 is 68.7 Å². The predicted molar refractivity (Wildman–Crippen MR) is 219 cm³/mol. The number of pyridine rings is 2. The molecule has 2 aliphatic heterocycles. The van der Waals surface area contributed by atoms with Crippen molar-refractivity contribution in [3.8, 4) is 11.5 Å². The largest absolute Gasteiger partial charge is 0.487 e. The Hall–Kier alpha value is -5.77. The van der Waals surface area contributed by atoms with Gasteiger partial charge in [-0.1, -0.05) is 18.5 Å². The van der Waals surface area contributed by atoms with Crippen molar-refractivity contribution in [2.45, 2.75) is 77.4 Å². The van der Waals surface area contributed by atoms with Gasteiger partial charge in [0.1, 0.15) is 22.0 Å². The number of ether oxygens (including phenoxy) is 2. The Kier molecular flexibility index (Phi) is 10.0. The number of imide groups is 1. The smallest absolute Gasteiger partial charge is 0.294 e. The monoisotopic (exact) mass is 810 g/mol. The zero-order chi connectivity index (χ0) is 41.1. The maximum atomic E-state index is 13.2. The zero-order valence-electron chi connectivity index (χ0n) is 33.4. The molecule has 0 bridgehead atoms. The fourth-order valence-electron chi connectivity index (χ4n) is 8.68. The molecule has 4 aromatic heterocycles. The average Bonchev–Trinajstić information content (AvgIpc) is 3.49. The summed E-state index contributed by atoms with van der Waals surface area (Å²) in [6.07, 6.45) is 6.79. The number of benzene rings is 1. The van der Waals surface area contributed by atoms with Crippen LogP contribution in [0.15, 0.2) is 47.5 Å². The minimum atomic E-state index is -0.462. The molecule has 2 saturated heterocycles. The van der Waals surface area contributed by atoms with E-state index in [0.717, 1.165) is 49.0 Å². The second-order valence-corrected chi connectivity index (χ2v) is 16.8. The highest BCUT2D eigenvalue weighted by molar-refractivity contribution is 6.33. The van der Waals surface area contributed by atoms with E-state index >= 15 is 0 Å². The number of amides is 3. The van der Waals surface area contributed by atoms with Gasteiger partial charge < -0.3 is 25.0 Å². The number of carbonyl (C=O) groups is 3. The highest BCUT2D eigenvalue weighted by Crippen LogP contribution is 2.51. The number of anilines is 3. The standard InChI is InChI=1S/C41H47ClN10O6/c1-22(2)52-36-24(14-31(38(52)56)57-19-33(54)43-5)13-25(17-44-36)46-35-29(42)18-45-39(48-35)51-20-41(21-51)12-11-40(4,23(3)16-41)58-26-7-8-27-30(15-26)50(6)49-34(27)28-9-10-32(53)47-37(28)55/h7-8,13-15,17-18,22-23,28H,9-12,16,19-21H2,1-6H3,(H,43,54)(H,45,46,48)(H,47,53,55)/t23?,28?,40-/m1/s1. The molecule has 1 spiro atoms. The van der Waals surface area contributed by atoms with Crippen molar-refractivity contribution in [2.75, 3.05) is 37.0 Å². The molecule has 3 aliphatic rings. The number of nitrogens with zero attached hydrogens (tertiary/aromatic N) is 7. The van der Waals surface area contributed by atoms with Gasteiger partial charge in [-0.3, -0.25) is 33.7 Å². The summed E-state index contributed by atoms with van der Waals surface area (Å²) < 4.78 is 15.7. The van der Waals surface area contributed by atoms with Crippen LogP contribution in [0.5, 0.6) is 11.5 Å². The lowest BCUT2D eigenvalue weighted by molar-refractivity contribution is -0.134. The second-order valence-electron chi connectivity index (χ2n) is 16.4. The number of nitrogens with one attached hydrogen (secondary N) is 3. The average molecular weight is 811 g/mol. The van der Waals surface area contributed by atoms with Crippen molar-refractivity contribution < 1.29 is 23.9 Å². The molecule has 3 amide bonds. The summed E-state index contributed by atoms with van der Waals surface area (Å²) in [5, 5.41) is 14.8. The molecule has 16 nitrogen and oxygen atoms in total. The van der Waals surface area contributed by atoms with Crippen LogP contribution in [0.3, 0.4) is 0 Å². The maximum absolute atomic E-state index is 13.2. The third kappa shape index (κ3) is 7.18. The lowest BCUT2D eigenvalue weighted by Gasteiger charge is -2.57. The van der Waals surface area contributed by atoms with Gasteiger partial charge >= 0.3 is 0 Å². The molecule has 8 rings (SSSR count). The van der Waals surface area contributed by atoms with Crippen LogP contribution >= 0.6 is 11.6 Å². The van der Waals surface area contributed by atoms with Gasteiger partial charge in [-0.05, 0) is 76.6 Å². The van der Waals surface area contributed by atoms with Crippen LogP contribution in [0, 0.1) is 11.3 Å². The highest BCUT2D eigenvalue weighted by Gasteiger charge is 2.52. The summed E-state index contributed by atoms with van der Waals surface area (Å²) in [5.74, 6) is 0.708. The normalized spacial score (nSPS) is 21.6. The molecule has 6 heterocycles. The molecule has 3 atom stereocenters. The second kappa shape index (κ2) is 14.9. The SMILES string of the molecule is CNC(=O)COc1cc2cc(Nc3nc(N4CC5(CC[C@@](C)(Oc6ccc7c(C8CCC(=O)NC8=O)nn(C)c7c6)C(C)C5)C4)ncc3Cl)cnc2n(C(C)C)c1=O. The summed E-state index contributed by atoms with van der Waals surface area (Å²) in [5.41, 5.74) is 1.99. The van der Waals surface area contributed by atoms with E-state index in [0.29, 0.717) is 52.0 Å². The van der Waals surface area contributed by atoms with Crippen LogP contribution in [-0.2, 0) is 21.4 Å². The predicted octanol–water partition coefficient (Wildman–Crippen LogP) is 5.16. The number of piperidine rings is 1. The summed E-state index contributed by atoms with van der Waals surface area (Å²) in [6.45, 7) is 9.53. The van der Waals surface area contributed by atoms with E-state index in [2.05, 4.69) is 49.8 Å². The van der Waals surface area contributed by atoms with E-state index in [1.807, 2.05) is 45.2 Å². The number of hydrogen-bond acceptors (Lipinski definition) is 12. The summed E-state index contributed by atoms with van der Waals surface area (Å²) >= 11 is 6.60. The molecule has 1 saturated carbocycles. The molecule has 17 heteroatoms. The molecule has 5 aromatic rings. The van der Waals surface area contributed by atoms with Crippen LogP contribution < -0.4 is 35.9 Å². The van der Waals surface area contributed by atoms with Gasteiger partial charge in [0.25, 0.3) is 11.5 Å². The van der Waals surface area contributed by atoms with E-state index < -0.39 is 5.92 Å². The van der Waals surface area contributed by atoms with Gasteiger partial charge in [0, 0.05) is 61.9 Å². The number of likely N-dealkylation sites (N-methyl/N-ethyl adjacent to an activating group) is 1. The van der Waals surface area contributed by atoms with Gasteiger partial charge in [-0.2, -0.15) is 10.1 Å². The molecule has 304 valence electrons. The Bertz CT molecular complexity index is 2530. The highest BCUT2D eigenvalue weighted by atomic mass is 35.5. The number of rotatable bonds is 10. The fourth-order valence-corrected chi connectivity index (χ4v) is 8.82. The van der Waals surface area contributed by atoms with Crippen LogP contribution in [0.4, 0.5) is 17.5 Å². The minimum Gasteiger partial charge on any atom is -0.487 e. The molecule has 58 heavy (non-hydrogen) atoms. The first kappa shape index (κ1) is 39.1. The molecule has 3 fully saturated rings. The number of aryl methyl sites for hydroxylation is 1. The van der Waals surface area contributed by atoms with Crippen molar-refractivity contribution in [2.24, 2.45) is 18.4 Å². The van der Waals surface area contributed by atoms with E-state index in [4.69, 9.17) is 26.1 Å². The van der Waals surface area contributed by atoms with Crippen molar-refractivity contribution in [3.63, 3.8) is 0 Å². The number of aromatic nitrogens is 6. The van der Waals surface area contributed by atoms with Crippen molar-refractivity contribution in [3.05, 3.63) is 63.8 Å². The summed E-state index contributed by atoms with van der Waals surface area (Å²) in [4.78, 5) is 65.5. The molecule has 0 radical (unpaired) electrons. The van der Waals surface area contributed by atoms with Gasteiger partial charge in [0.05, 0.1) is 35.2 Å². The summed E-state index contributed by atoms with van der Waals surface area (Å²) in [6, 6.07) is 9.14. The van der Waals surface area contributed by atoms with E-state index in [9.17, 15) is 19.2 Å². The first-order chi connectivity index (χ1) is 27.7. The van der Waals surface area contributed by atoms with Crippen LogP contribution in [0.25, 0.3) is 21.9 Å². The number of fused-ring (bicyclic) bond motifs is 2. The molecule has 3 N–H and O–H groups in total. The molecule has 1 aromatic carbocycles. The Morgan fingerprint density at radius 3 is 2.62 bits per heavy atom. The topological polar surface area (TPSA) is 187 Å². The molecular weight excluding hydrogens is 764 g/mol. The van der Waals surface area contributed by atoms with Gasteiger partial charge in [0.15, 0.2) is 18.2 Å². The van der Waals surface area contributed by atoms with Gasteiger partial charge in [0.2, 0.25) is 17.8 Å². The van der Waals surface area contributed by atoms with E-state index in [1.165, 1.54) is 11.6 Å². The quantitative estimate of drug-likeness (QED) is 0.158. The van der Waals surface area contributed by atoms with Gasteiger partial charge in [-0.15, -0.1) is 0 Å². The van der Waals surface area contributed by atoms with Crippen molar-refractivity contribution in [1.29, 1.82) is 0 Å². The summed E-state index contributed by atoms with van der Waals surface area (Å²) in [7, 11) is 3.36. The Balaban J connectivity index is 0.933. The van der Waals surface area contributed by atoms with Gasteiger partial charge in [-0.25, -0.2) is 9.97 Å². The van der Waals surface area contributed by atoms with Crippen molar-refractivity contribution in [1.82, 2.24) is 39.9 Å². The number of hydrogen-bond donors (Lipinski definition) is 3. The first-order valence-corrected chi connectivity index (χ1v) is 20.0. The van der Waals surface area contributed by atoms with E-state index in [1.54, 1.807) is 23.1 Å². The first-order valence-electron chi connectivity index (χ1n) is 19.6. The van der Waals surface area contributed by atoms with Crippen LogP contribution in [0.1, 0.15) is 77.5 Å². The van der Waals surface area contributed by atoms with Crippen LogP contribution in [-0.4, -0.2) is 79.4 Å². The molecule has 2 unspecified atom stereocenters.